The van der Waals surface area contributed by atoms with Crippen molar-refractivity contribution >= 4 is 35.0 Å². The molecule has 9 heteroatoms. The van der Waals surface area contributed by atoms with Crippen molar-refractivity contribution in [1.82, 2.24) is 15.8 Å². The van der Waals surface area contributed by atoms with Gasteiger partial charge in [-0.3, -0.25) is 9.59 Å². The highest BCUT2D eigenvalue weighted by atomic mass is 35.5. The molecule has 0 bridgehead atoms. The van der Waals surface area contributed by atoms with E-state index in [1.54, 1.807) is 18.2 Å². The Balaban J connectivity index is 1.65. The molecular formula is C20H23Cl2N3O4. The Morgan fingerprint density at radius 3 is 2.72 bits per heavy atom. The van der Waals surface area contributed by atoms with Crippen molar-refractivity contribution in [1.29, 1.82) is 0 Å². The summed E-state index contributed by atoms with van der Waals surface area (Å²) in [6.07, 6.45) is 1.95. The van der Waals surface area contributed by atoms with Gasteiger partial charge in [0, 0.05) is 29.8 Å². The molecule has 1 saturated heterocycles. The Hall–Kier alpha value is -2.09. The minimum atomic E-state index is -0.705. The second-order valence-electron chi connectivity index (χ2n) is 7.28. The number of halogens is 2. The number of hydrogen-bond acceptors (Lipinski definition) is 5. The van der Waals surface area contributed by atoms with E-state index in [2.05, 4.69) is 15.8 Å². The number of amides is 2. The fraction of sp³-hybridized carbons (Fsp3) is 0.450. The zero-order chi connectivity index (χ0) is 21.0. The van der Waals surface area contributed by atoms with Gasteiger partial charge in [0.15, 0.2) is 11.5 Å². The summed E-state index contributed by atoms with van der Waals surface area (Å²) in [6.45, 7) is 4.87. The molecule has 0 spiro atoms. The van der Waals surface area contributed by atoms with E-state index in [9.17, 15) is 9.59 Å². The Labute approximate surface area is 179 Å². The summed E-state index contributed by atoms with van der Waals surface area (Å²) in [4.78, 5) is 25.2. The van der Waals surface area contributed by atoms with Crippen molar-refractivity contribution in [3.05, 3.63) is 40.0 Å². The highest BCUT2D eigenvalue weighted by molar-refractivity contribution is 6.36. The number of hydrogen-bond donors (Lipinski definition) is 2. The lowest BCUT2D eigenvalue weighted by atomic mass is 10.0. The number of carbonyl (C=O) groups excluding carboxylic acids is 2. The molecule has 2 amide bonds. The predicted octanol–water partition coefficient (Wildman–Crippen LogP) is 3.70. The molecule has 7 nitrogen and oxygen atoms in total. The maximum Gasteiger partial charge on any atom is 0.274 e. The molecule has 3 rings (SSSR count). The fourth-order valence-corrected chi connectivity index (χ4v) is 3.58. The van der Waals surface area contributed by atoms with Crippen molar-refractivity contribution in [2.24, 2.45) is 5.92 Å². The fourth-order valence-electron chi connectivity index (χ4n) is 3.08. The molecule has 2 aromatic rings. The monoisotopic (exact) mass is 439 g/mol. The molecule has 156 valence electrons. The minimum Gasteiger partial charge on any atom is -0.376 e. The number of carbonyl (C=O) groups is 2. The predicted molar refractivity (Wildman–Crippen MR) is 110 cm³/mol. The molecule has 2 unspecified atom stereocenters. The smallest absolute Gasteiger partial charge is 0.274 e. The van der Waals surface area contributed by atoms with E-state index in [1.807, 2.05) is 13.8 Å². The number of benzene rings is 1. The molecule has 1 aliphatic rings. The maximum absolute atomic E-state index is 12.6. The van der Waals surface area contributed by atoms with Gasteiger partial charge in [-0.2, -0.15) is 0 Å². The van der Waals surface area contributed by atoms with Crippen LogP contribution in [0.2, 0.25) is 10.0 Å². The summed E-state index contributed by atoms with van der Waals surface area (Å²) in [7, 11) is 0. The van der Waals surface area contributed by atoms with Crippen LogP contribution >= 0.6 is 23.2 Å². The van der Waals surface area contributed by atoms with Crippen LogP contribution in [0.3, 0.4) is 0 Å². The molecule has 2 atom stereocenters. The van der Waals surface area contributed by atoms with Crippen molar-refractivity contribution in [2.45, 2.75) is 38.8 Å². The van der Waals surface area contributed by atoms with Crippen LogP contribution in [0.4, 0.5) is 0 Å². The Morgan fingerprint density at radius 2 is 2.07 bits per heavy atom. The number of nitrogens with one attached hydrogen (secondary N) is 2. The van der Waals surface area contributed by atoms with Crippen LogP contribution in [-0.4, -0.2) is 42.3 Å². The molecule has 0 aliphatic carbocycles. The summed E-state index contributed by atoms with van der Waals surface area (Å²) < 4.78 is 10.8. The largest absolute Gasteiger partial charge is 0.376 e. The van der Waals surface area contributed by atoms with Crippen LogP contribution in [0.5, 0.6) is 0 Å². The summed E-state index contributed by atoms with van der Waals surface area (Å²) >= 11 is 12.1. The average molecular weight is 440 g/mol. The number of nitrogens with zero attached hydrogens (tertiary/aromatic N) is 1. The van der Waals surface area contributed by atoms with E-state index in [1.165, 1.54) is 6.07 Å². The first kappa shape index (κ1) is 21.6. The zero-order valence-electron chi connectivity index (χ0n) is 16.2. The third-order valence-corrected chi connectivity index (χ3v) is 5.25. The molecule has 2 heterocycles. The number of ether oxygens (including phenoxy) is 1. The van der Waals surface area contributed by atoms with E-state index < -0.39 is 11.9 Å². The second-order valence-corrected chi connectivity index (χ2v) is 8.12. The van der Waals surface area contributed by atoms with Crippen molar-refractivity contribution in [3.8, 4) is 11.3 Å². The molecule has 1 aromatic carbocycles. The summed E-state index contributed by atoms with van der Waals surface area (Å²) in [5.41, 5.74) is 0.626. The van der Waals surface area contributed by atoms with Gasteiger partial charge < -0.3 is 19.9 Å². The minimum absolute atomic E-state index is 0.0321. The Bertz CT molecular complexity index is 878. The van der Waals surface area contributed by atoms with Crippen molar-refractivity contribution in [2.75, 3.05) is 13.2 Å². The van der Waals surface area contributed by atoms with Gasteiger partial charge in [0.1, 0.15) is 6.04 Å². The lowest BCUT2D eigenvalue weighted by Crippen LogP contribution is -2.51. The highest BCUT2D eigenvalue weighted by Gasteiger charge is 2.27. The van der Waals surface area contributed by atoms with Gasteiger partial charge in [0.2, 0.25) is 5.91 Å². The topological polar surface area (TPSA) is 93.5 Å². The van der Waals surface area contributed by atoms with Gasteiger partial charge in [0.25, 0.3) is 5.91 Å². The van der Waals surface area contributed by atoms with Crippen molar-refractivity contribution < 1.29 is 18.8 Å². The van der Waals surface area contributed by atoms with Crippen LogP contribution in [0.25, 0.3) is 11.3 Å². The lowest BCUT2D eigenvalue weighted by molar-refractivity contribution is -0.124. The highest BCUT2D eigenvalue weighted by Crippen LogP contribution is 2.30. The van der Waals surface area contributed by atoms with Crippen LogP contribution in [0.15, 0.2) is 28.8 Å². The van der Waals surface area contributed by atoms with E-state index >= 15 is 0 Å². The molecule has 0 radical (unpaired) electrons. The van der Waals surface area contributed by atoms with Crippen LogP contribution in [0, 0.1) is 5.92 Å². The first-order valence-electron chi connectivity index (χ1n) is 9.47. The Kier molecular flexibility index (Phi) is 7.16. The van der Waals surface area contributed by atoms with E-state index in [4.69, 9.17) is 32.5 Å². The number of rotatable bonds is 7. The quantitative estimate of drug-likeness (QED) is 0.685. The first-order valence-corrected chi connectivity index (χ1v) is 10.2. The van der Waals surface area contributed by atoms with E-state index in [0.29, 0.717) is 27.9 Å². The van der Waals surface area contributed by atoms with Gasteiger partial charge in [-0.1, -0.05) is 42.2 Å². The molecule has 1 aliphatic heterocycles. The van der Waals surface area contributed by atoms with Crippen LogP contribution in [-0.2, 0) is 9.53 Å². The first-order chi connectivity index (χ1) is 13.8. The summed E-state index contributed by atoms with van der Waals surface area (Å²) in [6, 6.07) is 5.70. The molecule has 29 heavy (non-hydrogen) atoms. The third kappa shape index (κ3) is 5.50. The molecule has 1 fully saturated rings. The van der Waals surface area contributed by atoms with Crippen LogP contribution < -0.4 is 10.6 Å². The van der Waals surface area contributed by atoms with Crippen molar-refractivity contribution in [3.63, 3.8) is 0 Å². The van der Waals surface area contributed by atoms with Crippen LogP contribution in [0.1, 0.15) is 37.2 Å². The van der Waals surface area contributed by atoms with E-state index in [-0.39, 0.29) is 23.6 Å². The number of aromatic nitrogens is 1. The average Bonchev–Trinajstić information content (AvgIpc) is 3.35. The third-order valence-electron chi connectivity index (χ3n) is 4.70. The van der Waals surface area contributed by atoms with E-state index in [0.717, 1.165) is 19.4 Å². The van der Waals surface area contributed by atoms with Gasteiger partial charge in [-0.15, -0.1) is 0 Å². The zero-order valence-corrected chi connectivity index (χ0v) is 17.7. The molecule has 2 N–H and O–H groups in total. The Morgan fingerprint density at radius 1 is 1.28 bits per heavy atom. The lowest BCUT2D eigenvalue weighted by Gasteiger charge is -2.22. The van der Waals surface area contributed by atoms with Gasteiger partial charge in [-0.05, 0) is 37.0 Å². The SMILES string of the molecule is CC(C)C(NC(=O)c1cc(-c2ccc(Cl)cc2Cl)on1)C(=O)NCC1CCCO1. The molecule has 1 aromatic heterocycles. The van der Waals surface area contributed by atoms with Gasteiger partial charge in [0.05, 0.1) is 11.1 Å². The summed E-state index contributed by atoms with van der Waals surface area (Å²) in [5.74, 6) is -0.536. The summed E-state index contributed by atoms with van der Waals surface area (Å²) in [5, 5.41) is 10.3. The molecular weight excluding hydrogens is 417 g/mol. The normalized spacial score (nSPS) is 17.3. The van der Waals surface area contributed by atoms with Gasteiger partial charge >= 0.3 is 0 Å². The standard InChI is InChI=1S/C20H23Cl2N3O4/c1-11(2)18(20(27)23-10-13-4-3-7-28-13)24-19(26)16-9-17(29-25-16)14-6-5-12(21)8-15(14)22/h5-6,8-9,11,13,18H,3-4,7,10H2,1-2H3,(H,23,27)(H,24,26). The van der Waals surface area contributed by atoms with Gasteiger partial charge in [-0.25, -0.2) is 0 Å². The molecule has 0 saturated carbocycles. The maximum atomic E-state index is 12.6. The second kappa shape index (κ2) is 9.61.